The highest BCUT2D eigenvalue weighted by Gasteiger charge is 2.02. The Balaban J connectivity index is 2.75. The van der Waals surface area contributed by atoms with E-state index in [0.717, 1.165) is 0 Å². The number of nitrogens with zero attached hydrogens (tertiary/aromatic N) is 1. The van der Waals surface area contributed by atoms with Gasteiger partial charge in [-0.25, -0.2) is 4.98 Å². The maximum Gasteiger partial charge on any atom is 0.234 e. The average Bonchev–Trinajstić information content (AvgIpc) is 2.09. The predicted octanol–water partition coefficient (Wildman–Crippen LogP) is 1.60. The quantitative estimate of drug-likeness (QED) is 0.565. The number of hydrogen-bond acceptors (Lipinski definition) is 3. The highest BCUT2D eigenvalue weighted by Crippen LogP contribution is 2.16. The summed E-state index contributed by atoms with van der Waals surface area (Å²) in [5.74, 6) is -0.0705. The molecular formula is C7H7ClN2OS. The van der Waals surface area contributed by atoms with E-state index in [2.05, 4.69) is 22.9 Å². The van der Waals surface area contributed by atoms with Crippen LogP contribution in [0.25, 0.3) is 0 Å². The number of pyridine rings is 1. The number of hydrogen-bond donors (Lipinski definition) is 2. The number of anilines is 1. The minimum Gasteiger partial charge on any atom is -0.323 e. The van der Waals surface area contributed by atoms with E-state index in [1.165, 1.54) is 0 Å². The molecule has 1 amide bonds. The molecule has 0 aliphatic heterocycles. The lowest BCUT2D eigenvalue weighted by atomic mass is 10.4. The molecule has 64 valence electrons. The number of amides is 1. The molecule has 1 heterocycles. The Morgan fingerprint density at radius 2 is 2.50 bits per heavy atom. The van der Waals surface area contributed by atoms with Crippen molar-refractivity contribution in [3.63, 3.8) is 0 Å². The van der Waals surface area contributed by atoms with Crippen LogP contribution in [-0.4, -0.2) is 16.6 Å². The lowest BCUT2D eigenvalue weighted by Crippen LogP contribution is -2.13. The van der Waals surface area contributed by atoms with E-state index in [-0.39, 0.29) is 16.8 Å². The zero-order chi connectivity index (χ0) is 8.97. The van der Waals surface area contributed by atoms with Gasteiger partial charge >= 0.3 is 0 Å². The number of aromatic nitrogens is 1. The fourth-order valence-corrected chi connectivity index (χ4v) is 0.915. The van der Waals surface area contributed by atoms with Gasteiger partial charge in [-0.15, -0.1) is 0 Å². The van der Waals surface area contributed by atoms with Crippen molar-refractivity contribution in [3.8, 4) is 0 Å². The summed E-state index contributed by atoms with van der Waals surface area (Å²) >= 11 is 9.48. The van der Waals surface area contributed by atoms with Gasteiger partial charge in [0.1, 0.15) is 0 Å². The Bertz CT molecular complexity index is 292. The van der Waals surface area contributed by atoms with E-state index >= 15 is 0 Å². The molecule has 3 nitrogen and oxygen atoms in total. The van der Waals surface area contributed by atoms with Gasteiger partial charge < -0.3 is 5.32 Å². The lowest BCUT2D eigenvalue weighted by Gasteiger charge is -2.02. The molecule has 0 spiro atoms. The van der Waals surface area contributed by atoms with Crippen LogP contribution < -0.4 is 5.32 Å². The van der Waals surface area contributed by atoms with Crippen molar-refractivity contribution < 1.29 is 4.79 Å². The Kier molecular flexibility index (Phi) is 3.37. The van der Waals surface area contributed by atoms with Crippen molar-refractivity contribution in [2.24, 2.45) is 0 Å². The molecule has 0 radical (unpaired) electrons. The van der Waals surface area contributed by atoms with Crippen molar-refractivity contribution in [3.05, 3.63) is 23.5 Å². The predicted molar refractivity (Wildman–Crippen MR) is 51.7 cm³/mol. The van der Waals surface area contributed by atoms with Crippen LogP contribution in [0.1, 0.15) is 0 Å². The highest BCUT2D eigenvalue weighted by molar-refractivity contribution is 7.81. The minimum absolute atomic E-state index is 0.130. The maximum absolute atomic E-state index is 10.9. The summed E-state index contributed by atoms with van der Waals surface area (Å²) in [4.78, 5) is 14.7. The third-order valence-corrected chi connectivity index (χ3v) is 1.77. The van der Waals surface area contributed by atoms with Gasteiger partial charge in [-0.1, -0.05) is 11.6 Å². The monoisotopic (exact) mass is 202 g/mol. The molecule has 1 aromatic heterocycles. The van der Waals surface area contributed by atoms with Gasteiger partial charge in [0.2, 0.25) is 5.91 Å². The molecule has 12 heavy (non-hydrogen) atoms. The smallest absolute Gasteiger partial charge is 0.234 e. The van der Waals surface area contributed by atoms with Gasteiger partial charge in [-0.3, -0.25) is 4.79 Å². The third-order valence-electron chi connectivity index (χ3n) is 1.18. The Morgan fingerprint density at radius 3 is 3.08 bits per heavy atom. The normalized spacial score (nSPS) is 9.50. The Labute approximate surface area is 80.6 Å². The third kappa shape index (κ3) is 2.39. The topological polar surface area (TPSA) is 42.0 Å². The molecular weight excluding hydrogens is 196 g/mol. The van der Waals surface area contributed by atoms with Gasteiger partial charge in [0.15, 0.2) is 5.15 Å². The summed E-state index contributed by atoms with van der Waals surface area (Å²) in [5.41, 5.74) is 0.512. The molecule has 0 aliphatic rings. The van der Waals surface area contributed by atoms with Crippen LogP contribution in [0.2, 0.25) is 5.15 Å². The van der Waals surface area contributed by atoms with Crippen molar-refractivity contribution in [1.29, 1.82) is 0 Å². The first-order chi connectivity index (χ1) is 5.74. The Morgan fingerprint density at radius 1 is 1.75 bits per heavy atom. The molecule has 0 aromatic carbocycles. The number of nitrogens with one attached hydrogen (secondary N) is 1. The summed E-state index contributed by atoms with van der Waals surface area (Å²) in [7, 11) is 0. The standard InChI is InChI=1S/C7H7ClN2OS/c8-7-5(2-1-3-9-7)10-6(11)4-12/h1-3,12H,4H2,(H,10,11). The largest absolute Gasteiger partial charge is 0.323 e. The summed E-state index contributed by atoms with van der Waals surface area (Å²) in [6.07, 6.45) is 1.55. The molecule has 0 bridgehead atoms. The second-order valence-corrected chi connectivity index (χ2v) is 2.72. The van der Waals surface area contributed by atoms with Crippen molar-refractivity contribution in [2.45, 2.75) is 0 Å². The van der Waals surface area contributed by atoms with Gasteiger partial charge in [-0.05, 0) is 12.1 Å². The molecule has 1 rings (SSSR count). The van der Waals surface area contributed by atoms with Crippen LogP contribution in [0.5, 0.6) is 0 Å². The fraction of sp³-hybridized carbons (Fsp3) is 0.143. The second kappa shape index (κ2) is 4.33. The molecule has 0 unspecified atom stereocenters. The zero-order valence-electron chi connectivity index (χ0n) is 6.12. The number of carbonyl (C=O) groups is 1. The van der Waals surface area contributed by atoms with Crippen LogP contribution >= 0.6 is 24.2 Å². The van der Waals surface area contributed by atoms with E-state index in [1.54, 1.807) is 18.3 Å². The molecule has 0 atom stereocenters. The van der Waals surface area contributed by atoms with E-state index in [4.69, 9.17) is 11.6 Å². The summed E-state index contributed by atoms with van der Waals surface area (Å²) in [6.45, 7) is 0. The fourth-order valence-electron chi connectivity index (χ4n) is 0.669. The van der Waals surface area contributed by atoms with Crippen LogP contribution in [0.4, 0.5) is 5.69 Å². The van der Waals surface area contributed by atoms with Crippen LogP contribution in [0.3, 0.4) is 0 Å². The number of rotatable bonds is 2. The summed E-state index contributed by atoms with van der Waals surface area (Å²) < 4.78 is 0. The van der Waals surface area contributed by atoms with E-state index in [0.29, 0.717) is 5.69 Å². The first-order valence-electron chi connectivity index (χ1n) is 3.25. The maximum atomic E-state index is 10.9. The first-order valence-corrected chi connectivity index (χ1v) is 4.26. The number of carbonyl (C=O) groups excluding carboxylic acids is 1. The highest BCUT2D eigenvalue weighted by atomic mass is 35.5. The molecule has 0 aliphatic carbocycles. The molecule has 0 fully saturated rings. The summed E-state index contributed by atoms with van der Waals surface area (Å²) in [6, 6.07) is 3.37. The van der Waals surface area contributed by atoms with Gasteiger partial charge in [-0.2, -0.15) is 12.6 Å². The van der Waals surface area contributed by atoms with Crippen molar-refractivity contribution in [2.75, 3.05) is 11.1 Å². The van der Waals surface area contributed by atoms with Gasteiger partial charge in [0.25, 0.3) is 0 Å². The lowest BCUT2D eigenvalue weighted by molar-refractivity contribution is -0.113. The van der Waals surface area contributed by atoms with Crippen LogP contribution in [-0.2, 0) is 4.79 Å². The van der Waals surface area contributed by atoms with Crippen LogP contribution in [0, 0.1) is 0 Å². The van der Waals surface area contributed by atoms with Crippen molar-refractivity contribution in [1.82, 2.24) is 4.98 Å². The minimum atomic E-state index is -0.201. The summed E-state index contributed by atoms with van der Waals surface area (Å²) in [5, 5.41) is 2.83. The first kappa shape index (κ1) is 9.35. The molecule has 0 saturated carbocycles. The van der Waals surface area contributed by atoms with Crippen LogP contribution in [0.15, 0.2) is 18.3 Å². The number of thiol groups is 1. The van der Waals surface area contributed by atoms with E-state index in [1.807, 2.05) is 0 Å². The number of halogens is 1. The van der Waals surface area contributed by atoms with Crippen molar-refractivity contribution >= 4 is 35.8 Å². The molecule has 1 aromatic rings. The molecule has 1 N–H and O–H groups in total. The molecule has 5 heteroatoms. The average molecular weight is 203 g/mol. The van der Waals surface area contributed by atoms with Gasteiger partial charge in [0, 0.05) is 6.20 Å². The van der Waals surface area contributed by atoms with E-state index in [9.17, 15) is 4.79 Å². The zero-order valence-corrected chi connectivity index (χ0v) is 7.77. The second-order valence-electron chi connectivity index (χ2n) is 2.05. The van der Waals surface area contributed by atoms with E-state index < -0.39 is 0 Å². The Hall–Kier alpha value is -0.740. The molecule has 0 saturated heterocycles. The SMILES string of the molecule is O=C(CS)Nc1cccnc1Cl. The van der Waals surface area contributed by atoms with Gasteiger partial charge in [0.05, 0.1) is 11.4 Å².